The van der Waals surface area contributed by atoms with E-state index in [0.717, 1.165) is 30.5 Å². The second-order valence-corrected chi connectivity index (χ2v) is 5.86. The largest absolute Gasteiger partial charge is 0.306 e. The van der Waals surface area contributed by atoms with Gasteiger partial charge in [0, 0.05) is 30.1 Å². The Morgan fingerprint density at radius 1 is 1.50 bits per heavy atom. The Bertz CT molecular complexity index is 432. The summed E-state index contributed by atoms with van der Waals surface area (Å²) in [6, 6.07) is 7.19. The van der Waals surface area contributed by atoms with Crippen LogP contribution in [0.2, 0.25) is 5.02 Å². The molecule has 0 radical (unpaired) electrons. The van der Waals surface area contributed by atoms with Gasteiger partial charge in [0.2, 0.25) is 0 Å². The van der Waals surface area contributed by atoms with Gasteiger partial charge in [0.05, 0.1) is 0 Å². The summed E-state index contributed by atoms with van der Waals surface area (Å²) >= 11 is 5.88. The third kappa shape index (κ3) is 3.82. The van der Waals surface area contributed by atoms with E-state index in [0.29, 0.717) is 11.4 Å². The van der Waals surface area contributed by atoms with Crippen LogP contribution in [0.1, 0.15) is 30.1 Å². The Morgan fingerprint density at radius 2 is 2.22 bits per heavy atom. The molecule has 2 rings (SSSR count). The lowest BCUT2D eigenvalue weighted by molar-refractivity contribution is 0.0968. The van der Waals surface area contributed by atoms with Crippen molar-refractivity contribution in [2.75, 3.05) is 20.1 Å². The quantitative estimate of drug-likeness (QED) is 0.734. The molecular weight excluding hydrogens is 246 g/mol. The number of carbonyl (C=O) groups excluding carboxylic acids is 1. The number of hydrogen-bond acceptors (Lipinski definition) is 2. The monoisotopic (exact) mass is 265 g/mol. The van der Waals surface area contributed by atoms with Crippen molar-refractivity contribution < 1.29 is 4.79 Å². The molecule has 1 aliphatic rings. The third-order valence-electron chi connectivity index (χ3n) is 3.69. The van der Waals surface area contributed by atoms with E-state index in [-0.39, 0.29) is 5.78 Å². The Kier molecular flexibility index (Phi) is 4.41. The van der Waals surface area contributed by atoms with Gasteiger partial charge in [0.1, 0.15) is 0 Å². The average molecular weight is 266 g/mol. The molecule has 2 unspecified atom stereocenters. The first kappa shape index (κ1) is 13.6. The van der Waals surface area contributed by atoms with Crippen molar-refractivity contribution in [3.63, 3.8) is 0 Å². The van der Waals surface area contributed by atoms with Crippen LogP contribution in [0.15, 0.2) is 24.3 Å². The van der Waals surface area contributed by atoms with Gasteiger partial charge in [-0.25, -0.2) is 0 Å². The van der Waals surface area contributed by atoms with Crippen molar-refractivity contribution in [1.82, 2.24) is 4.90 Å². The van der Waals surface area contributed by atoms with Gasteiger partial charge in [0.25, 0.3) is 0 Å². The molecule has 1 aromatic carbocycles. The molecule has 0 N–H and O–H groups in total. The maximum Gasteiger partial charge on any atom is 0.164 e. The zero-order valence-corrected chi connectivity index (χ0v) is 11.8. The van der Waals surface area contributed by atoms with E-state index in [1.54, 1.807) is 12.1 Å². The highest BCUT2D eigenvalue weighted by Gasteiger charge is 2.32. The van der Waals surface area contributed by atoms with Crippen LogP contribution in [-0.4, -0.2) is 30.8 Å². The molecule has 0 spiro atoms. The molecule has 2 nitrogen and oxygen atoms in total. The van der Waals surface area contributed by atoms with Crippen LogP contribution < -0.4 is 0 Å². The highest BCUT2D eigenvalue weighted by Crippen LogP contribution is 2.37. The summed E-state index contributed by atoms with van der Waals surface area (Å²) in [5.41, 5.74) is 0.718. The molecule has 1 aromatic rings. The van der Waals surface area contributed by atoms with Crippen LogP contribution in [0.3, 0.4) is 0 Å². The van der Waals surface area contributed by atoms with Gasteiger partial charge < -0.3 is 4.90 Å². The number of benzene rings is 1. The summed E-state index contributed by atoms with van der Waals surface area (Å²) in [5.74, 6) is 1.89. The summed E-state index contributed by atoms with van der Waals surface area (Å²) in [4.78, 5) is 14.2. The van der Waals surface area contributed by atoms with E-state index in [4.69, 9.17) is 11.6 Å². The maximum atomic E-state index is 12.0. The van der Waals surface area contributed by atoms with E-state index in [2.05, 4.69) is 18.9 Å². The molecule has 1 saturated carbocycles. The van der Waals surface area contributed by atoms with E-state index in [1.165, 1.54) is 6.42 Å². The molecule has 0 heterocycles. The Balaban J connectivity index is 1.77. The van der Waals surface area contributed by atoms with Crippen LogP contribution in [0.25, 0.3) is 0 Å². The van der Waals surface area contributed by atoms with Gasteiger partial charge in [-0.05, 0) is 37.4 Å². The highest BCUT2D eigenvalue weighted by atomic mass is 35.5. The second kappa shape index (κ2) is 5.85. The number of rotatable bonds is 6. The van der Waals surface area contributed by atoms with Gasteiger partial charge in [-0.15, -0.1) is 0 Å². The molecule has 0 bridgehead atoms. The number of halogens is 1. The molecule has 0 aromatic heterocycles. The molecule has 0 saturated heterocycles. The van der Waals surface area contributed by atoms with Gasteiger partial charge >= 0.3 is 0 Å². The predicted molar refractivity (Wildman–Crippen MR) is 75.2 cm³/mol. The van der Waals surface area contributed by atoms with Crippen molar-refractivity contribution >= 4 is 17.4 Å². The SMILES string of the molecule is CC1CC1CN(C)CCC(=O)c1cccc(Cl)c1. The van der Waals surface area contributed by atoms with Gasteiger partial charge in [0.15, 0.2) is 5.78 Å². The van der Waals surface area contributed by atoms with Crippen molar-refractivity contribution in [2.45, 2.75) is 19.8 Å². The zero-order valence-electron chi connectivity index (χ0n) is 11.0. The van der Waals surface area contributed by atoms with Crippen molar-refractivity contribution in [3.8, 4) is 0 Å². The number of hydrogen-bond donors (Lipinski definition) is 0. The lowest BCUT2D eigenvalue weighted by Crippen LogP contribution is -2.24. The Hall–Kier alpha value is -0.860. The molecule has 18 heavy (non-hydrogen) atoms. The van der Waals surface area contributed by atoms with E-state index >= 15 is 0 Å². The zero-order chi connectivity index (χ0) is 13.1. The first-order chi connectivity index (χ1) is 8.56. The van der Waals surface area contributed by atoms with Crippen LogP contribution in [0, 0.1) is 11.8 Å². The maximum absolute atomic E-state index is 12.0. The highest BCUT2D eigenvalue weighted by molar-refractivity contribution is 6.31. The fraction of sp³-hybridized carbons (Fsp3) is 0.533. The summed E-state index contributed by atoms with van der Waals surface area (Å²) < 4.78 is 0. The Morgan fingerprint density at radius 3 is 2.83 bits per heavy atom. The van der Waals surface area contributed by atoms with Crippen molar-refractivity contribution in [1.29, 1.82) is 0 Å². The number of ketones is 1. The minimum Gasteiger partial charge on any atom is -0.306 e. The minimum atomic E-state index is 0.174. The number of carbonyl (C=O) groups is 1. The predicted octanol–water partition coefficient (Wildman–Crippen LogP) is 3.50. The lowest BCUT2D eigenvalue weighted by Gasteiger charge is -2.15. The summed E-state index contributed by atoms with van der Waals surface area (Å²) in [6.45, 7) is 4.23. The van der Waals surface area contributed by atoms with E-state index in [1.807, 2.05) is 12.1 Å². The molecule has 0 amide bonds. The Labute approximate surface area is 114 Å². The normalized spacial score (nSPS) is 22.2. The smallest absolute Gasteiger partial charge is 0.164 e. The first-order valence-corrected chi connectivity index (χ1v) is 6.91. The summed E-state index contributed by atoms with van der Waals surface area (Å²) in [6.07, 6.45) is 1.91. The summed E-state index contributed by atoms with van der Waals surface area (Å²) in [7, 11) is 2.09. The molecule has 2 atom stereocenters. The second-order valence-electron chi connectivity index (χ2n) is 5.42. The van der Waals surface area contributed by atoms with E-state index < -0.39 is 0 Å². The van der Waals surface area contributed by atoms with Gasteiger partial charge in [-0.2, -0.15) is 0 Å². The average Bonchev–Trinajstić information content (AvgIpc) is 3.01. The molecule has 98 valence electrons. The van der Waals surface area contributed by atoms with Crippen LogP contribution in [0.4, 0.5) is 0 Å². The molecule has 0 aliphatic heterocycles. The lowest BCUT2D eigenvalue weighted by atomic mass is 10.1. The summed E-state index contributed by atoms with van der Waals surface area (Å²) in [5, 5.41) is 0.626. The number of Topliss-reactive ketones (excluding diaryl/α,β-unsaturated/α-hetero) is 1. The van der Waals surface area contributed by atoms with Crippen molar-refractivity contribution in [2.24, 2.45) is 11.8 Å². The number of nitrogens with zero attached hydrogens (tertiary/aromatic N) is 1. The standard InChI is InChI=1S/C15H20ClNO/c1-11-8-13(11)10-17(2)7-6-15(18)12-4-3-5-14(16)9-12/h3-5,9,11,13H,6-8,10H2,1-2H3. The first-order valence-electron chi connectivity index (χ1n) is 6.53. The molecule has 1 fully saturated rings. The fourth-order valence-electron chi connectivity index (χ4n) is 2.24. The van der Waals surface area contributed by atoms with Crippen molar-refractivity contribution in [3.05, 3.63) is 34.9 Å². The van der Waals surface area contributed by atoms with Crippen LogP contribution in [0.5, 0.6) is 0 Å². The fourth-order valence-corrected chi connectivity index (χ4v) is 2.43. The van der Waals surface area contributed by atoms with Gasteiger partial charge in [-0.3, -0.25) is 4.79 Å². The van der Waals surface area contributed by atoms with E-state index in [9.17, 15) is 4.79 Å². The molecular formula is C15H20ClNO. The third-order valence-corrected chi connectivity index (χ3v) is 3.92. The van der Waals surface area contributed by atoms with Crippen LogP contribution in [-0.2, 0) is 0 Å². The minimum absolute atomic E-state index is 0.174. The molecule has 3 heteroatoms. The molecule has 1 aliphatic carbocycles. The van der Waals surface area contributed by atoms with Gasteiger partial charge in [-0.1, -0.05) is 30.7 Å². The van der Waals surface area contributed by atoms with Crippen LogP contribution >= 0.6 is 11.6 Å². The topological polar surface area (TPSA) is 20.3 Å².